The first-order valence-electron chi connectivity index (χ1n) is 3.29. The van der Waals surface area contributed by atoms with E-state index < -0.39 is 10.1 Å². The van der Waals surface area contributed by atoms with Crippen LogP contribution >= 0.6 is 0 Å². The van der Waals surface area contributed by atoms with E-state index in [1.54, 1.807) is 13.0 Å². The van der Waals surface area contributed by atoms with E-state index in [2.05, 4.69) is 0 Å². The highest BCUT2D eigenvalue weighted by molar-refractivity contribution is 7.86. The minimum absolute atomic E-state index is 0.150. The molecule has 64 valence electrons. The lowest BCUT2D eigenvalue weighted by Crippen LogP contribution is -1.95. The van der Waals surface area contributed by atoms with E-state index in [-0.39, 0.29) is 10.6 Å². The van der Waals surface area contributed by atoms with Gasteiger partial charge in [-0.05, 0) is 18.6 Å². The summed E-state index contributed by atoms with van der Waals surface area (Å²) in [6, 6.07) is 2.92. The number of benzene rings is 1. The van der Waals surface area contributed by atoms with Crippen LogP contribution in [0.25, 0.3) is 0 Å². The molecule has 0 aromatic heterocycles. The normalized spacial score (nSPS) is 13.5. The Bertz CT molecular complexity index is 447. The third kappa shape index (κ3) is 0.981. The van der Waals surface area contributed by atoms with Gasteiger partial charge in [0.25, 0.3) is 10.1 Å². The second-order valence-electron chi connectivity index (χ2n) is 2.62. The lowest BCUT2D eigenvalue weighted by molar-refractivity contribution is 0.481. The van der Waals surface area contributed by atoms with Crippen molar-refractivity contribution < 1.29 is 17.7 Å². The van der Waals surface area contributed by atoms with Crippen LogP contribution in [0.1, 0.15) is 5.56 Å². The third-order valence-corrected chi connectivity index (χ3v) is 2.59. The van der Waals surface area contributed by atoms with Crippen molar-refractivity contribution in [3.8, 4) is 11.5 Å². The Hall–Kier alpha value is -1.07. The summed E-state index contributed by atoms with van der Waals surface area (Å²) in [6.45, 7) is 1.81. The fraction of sp³-hybridized carbons (Fsp3) is 0.143. The molecule has 0 unspecified atom stereocenters. The predicted octanol–water partition coefficient (Wildman–Crippen LogP) is 1.35. The van der Waals surface area contributed by atoms with Crippen molar-refractivity contribution in [2.75, 3.05) is 0 Å². The summed E-state index contributed by atoms with van der Waals surface area (Å²) in [4.78, 5) is -0.150. The molecule has 0 atom stereocenters. The summed E-state index contributed by atoms with van der Waals surface area (Å²) in [5.41, 5.74) is 0.873. The summed E-state index contributed by atoms with van der Waals surface area (Å²) in [6.07, 6.45) is 0. The SMILES string of the molecule is Cc1ccc(S(=O)(=O)O)c2c1O2. The average Bonchev–Trinajstić information content (AvgIpc) is 2.64. The highest BCUT2D eigenvalue weighted by Gasteiger charge is 2.32. The van der Waals surface area contributed by atoms with Crippen LogP contribution in [-0.2, 0) is 10.1 Å². The van der Waals surface area contributed by atoms with Gasteiger partial charge in [-0.2, -0.15) is 8.42 Å². The van der Waals surface area contributed by atoms with Gasteiger partial charge in [0.15, 0.2) is 11.5 Å². The van der Waals surface area contributed by atoms with Crippen LogP contribution < -0.4 is 4.74 Å². The van der Waals surface area contributed by atoms with Crippen molar-refractivity contribution in [2.45, 2.75) is 11.8 Å². The molecule has 2 rings (SSSR count). The highest BCUT2D eigenvalue weighted by Crippen LogP contribution is 2.52. The Morgan fingerprint density at radius 1 is 1.33 bits per heavy atom. The van der Waals surface area contributed by atoms with Crippen molar-refractivity contribution in [1.29, 1.82) is 0 Å². The van der Waals surface area contributed by atoms with Gasteiger partial charge in [0.05, 0.1) is 0 Å². The number of hydrogen-bond donors (Lipinski definition) is 1. The average molecular weight is 186 g/mol. The minimum atomic E-state index is -4.12. The Morgan fingerprint density at radius 2 is 2.00 bits per heavy atom. The van der Waals surface area contributed by atoms with Gasteiger partial charge in [0, 0.05) is 0 Å². The molecule has 0 fully saturated rings. The van der Waals surface area contributed by atoms with Crippen molar-refractivity contribution in [3.63, 3.8) is 0 Å². The first-order valence-corrected chi connectivity index (χ1v) is 4.73. The quantitative estimate of drug-likeness (QED) is 0.539. The number of aryl methyl sites for hydroxylation is 1. The second-order valence-corrected chi connectivity index (χ2v) is 4.01. The standard InChI is InChI=1S/C7H6O4S/c1-4-2-3-5(12(8,9)10)7-6(4)11-7/h2-3H,1H3,(H,8,9,10). The Balaban J connectivity index is 2.67. The minimum Gasteiger partial charge on any atom is -0.448 e. The van der Waals surface area contributed by atoms with Crippen molar-refractivity contribution >= 4 is 10.1 Å². The first kappa shape index (κ1) is 7.57. The van der Waals surface area contributed by atoms with E-state index in [1.165, 1.54) is 6.07 Å². The number of fused-ring (bicyclic) bond motifs is 1. The zero-order valence-corrected chi connectivity index (χ0v) is 7.05. The fourth-order valence-corrected chi connectivity index (χ4v) is 1.66. The maximum Gasteiger partial charge on any atom is 0.298 e. The maximum atomic E-state index is 10.7. The van der Waals surface area contributed by atoms with Gasteiger partial charge in [-0.25, -0.2) is 0 Å². The molecule has 4 nitrogen and oxygen atoms in total. The first-order chi connectivity index (χ1) is 5.50. The van der Waals surface area contributed by atoms with Gasteiger partial charge in [0.2, 0.25) is 0 Å². The number of hydrogen-bond acceptors (Lipinski definition) is 3. The van der Waals surface area contributed by atoms with Gasteiger partial charge in [-0.1, -0.05) is 6.07 Å². The van der Waals surface area contributed by atoms with Gasteiger partial charge < -0.3 is 4.74 Å². The zero-order valence-electron chi connectivity index (χ0n) is 6.23. The van der Waals surface area contributed by atoms with E-state index >= 15 is 0 Å². The van der Waals surface area contributed by atoms with Crippen LogP contribution in [0.15, 0.2) is 17.0 Å². The van der Waals surface area contributed by atoms with Crippen LogP contribution in [0, 0.1) is 6.92 Å². The van der Waals surface area contributed by atoms with Crippen LogP contribution in [0.2, 0.25) is 0 Å². The van der Waals surface area contributed by atoms with Crippen LogP contribution in [0.5, 0.6) is 11.5 Å². The van der Waals surface area contributed by atoms with Crippen molar-refractivity contribution in [3.05, 3.63) is 17.7 Å². The summed E-state index contributed by atoms with van der Waals surface area (Å²) in [7, 11) is -4.12. The predicted molar refractivity (Wildman–Crippen MR) is 41.1 cm³/mol. The van der Waals surface area contributed by atoms with Gasteiger partial charge in [-0.3, -0.25) is 4.55 Å². The highest BCUT2D eigenvalue weighted by atomic mass is 32.2. The van der Waals surface area contributed by atoms with Gasteiger partial charge in [0.1, 0.15) is 4.90 Å². The molecule has 0 saturated heterocycles. The van der Waals surface area contributed by atoms with E-state index in [0.29, 0.717) is 5.75 Å². The molecule has 0 bridgehead atoms. The largest absolute Gasteiger partial charge is 0.448 e. The second kappa shape index (κ2) is 1.99. The molecular weight excluding hydrogens is 180 g/mol. The summed E-state index contributed by atoms with van der Waals surface area (Å²) < 4.78 is 34.9. The molecule has 0 saturated carbocycles. The topological polar surface area (TPSA) is 66.9 Å². The Labute approximate surface area is 69.5 Å². The lowest BCUT2D eigenvalue weighted by Gasteiger charge is -1.90. The summed E-state index contributed by atoms with van der Waals surface area (Å²) in [5, 5.41) is 0. The molecule has 0 amide bonds. The summed E-state index contributed by atoms with van der Waals surface area (Å²) >= 11 is 0. The molecule has 1 aliphatic heterocycles. The van der Waals surface area contributed by atoms with Crippen LogP contribution in [0.3, 0.4) is 0 Å². The number of rotatable bonds is 1. The molecule has 0 spiro atoms. The molecular formula is C7H6O4S. The van der Waals surface area contributed by atoms with Crippen molar-refractivity contribution in [1.82, 2.24) is 0 Å². The smallest absolute Gasteiger partial charge is 0.298 e. The molecule has 1 N–H and O–H groups in total. The van der Waals surface area contributed by atoms with Crippen LogP contribution in [-0.4, -0.2) is 13.0 Å². The lowest BCUT2D eigenvalue weighted by atomic mass is 10.2. The zero-order chi connectivity index (χ0) is 8.93. The van der Waals surface area contributed by atoms with Crippen LogP contribution in [0.4, 0.5) is 0 Å². The van der Waals surface area contributed by atoms with E-state index in [9.17, 15) is 8.42 Å². The fourth-order valence-electron chi connectivity index (χ4n) is 1.05. The monoisotopic (exact) mass is 186 g/mol. The maximum absolute atomic E-state index is 10.7. The molecule has 0 radical (unpaired) electrons. The van der Waals surface area contributed by atoms with E-state index in [0.717, 1.165) is 5.56 Å². The van der Waals surface area contributed by atoms with E-state index in [4.69, 9.17) is 9.29 Å². The Kier molecular flexibility index (Phi) is 1.26. The molecule has 1 aromatic carbocycles. The molecule has 1 heterocycles. The molecule has 5 heteroatoms. The third-order valence-electron chi connectivity index (χ3n) is 1.71. The Morgan fingerprint density at radius 3 is 2.58 bits per heavy atom. The van der Waals surface area contributed by atoms with Crippen molar-refractivity contribution in [2.24, 2.45) is 0 Å². The number of ether oxygens (including phenoxy) is 1. The van der Waals surface area contributed by atoms with Gasteiger partial charge >= 0.3 is 0 Å². The molecule has 12 heavy (non-hydrogen) atoms. The molecule has 0 aliphatic carbocycles. The van der Waals surface area contributed by atoms with E-state index in [1.807, 2.05) is 0 Å². The van der Waals surface area contributed by atoms with Gasteiger partial charge in [-0.15, -0.1) is 0 Å². The summed E-state index contributed by atoms with van der Waals surface area (Å²) in [5.74, 6) is 0.836. The molecule has 1 aliphatic rings. The molecule has 1 aromatic rings.